The second-order valence-electron chi connectivity index (χ2n) is 8.31. The summed E-state index contributed by atoms with van der Waals surface area (Å²) in [5.41, 5.74) is 4.31. The number of amides is 1. The van der Waals surface area contributed by atoms with Crippen LogP contribution in [0.15, 0.2) is 48.8 Å². The Balaban J connectivity index is 1.31. The van der Waals surface area contributed by atoms with Gasteiger partial charge in [0.15, 0.2) is 6.10 Å². The first-order valence-electron chi connectivity index (χ1n) is 10.8. The van der Waals surface area contributed by atoms with Crippen molar-refractivity contribution >= 4 is 28.3 Å². The maximum atomic E-state index is 13.2. The van der Waals surface area contributed by atoms with Gasteiger partial charge in [-0.1, -0.05) is 24.3 Å². The van der Waals surface area contributed by atoms with Crippen LogP contribution in [-0.4, -0.2) is 67.7 Å². The predicted molar refractivity (Wildman–Crippen MR) is 121 cm³/mol. The number of rotatable bonds is 3. The van der Waals surface area contributed by atoms with E-state index in [4.69, 9.17) is 4.74 Å². The minimum atomic E-state index is -0.475. The Labute approximate surface area is 182 Å². The summed E-state index contributed by atoms with van der Waals surface area (Å²) in [4.78, 5) is 28.3. The molecule has 5 rings (SSSR count). The predicted octanol–water partition coefficient (Wildman–Crippen LogP) is 2.66. The molecule has 2 aliphatic rings. The molecule has 31 heavy (non-hydrogen) atoms. The monoisotopic (exact) mass is 417 g/mol. The van der Waals surface area contributed by atoms with Crippen molar-refractivity contribution in [1.82, 2.24) is 14.9 Å². The molecule has 2 aliphatic heterocycles. The second kappa shape index (κ2) is 8.15. The van der Waals surface area contributed by atoms with Gasteiger partial charge < -0.3 is 19.4 Å². The van der Waals surface area contributed by atoms with Crippen molar-refractivity contribution in [3.63, 3.8) is 0 Å². The smallest absolute Gasteiger partial charge is 0.256 e. The first kappa shape index (κ1) is 19.8. The van der Waals surface area contributed by atoms with E-state index in [1.807, 2.05) is 48.2 Å². The lowest BCUT2D eigenvalue weighted by atomic mass is 9.96. The molecule has 7 heteroatoms. The Morgan fingerprint density at radius 2 is 1.87 bits per heavy atom. The van der Waals surface area contributed by atoms with Crippen molar-refractivity contribution in [2.24, 2.45) is 0 Å². The Hall–Kier alpha value is -3.19. The van der Waals surface area contributed by atoms with Crippen LogP contribution in [0.4, 0.5) is 11.5 Å². The molecule has 2 aromatic carbocycles. The summed E-state index contributed by atoms with van der Waals surface area (Å²) in [6.07, 6.45) is 2.00. The lowest BCUT2D eigenvalue weighted by molar-refractivity contribution is -0.145. The Morgan fingerprint density at radius 3 is 2.68 bits per heavy atom. The molecule has 1 amide bonds. The lowest BCUT2D eigenvalue weighted by Gasteiger charge is -2.38. The molecule has 0 saturated carbocycles. The fourth-order valence-electron chi connectivity index (χ4n) is 4.53. The van der Waals surface area contributed by atoms with Crippen molar-refractivity contribution in [2.75, 3.05) is 56.7 Å². The number of benzene rings is 2. The number of ether oxygens (including phenoxy) is 1. The molecule has 1 aromatic heterocycles. The highest BCUT2D eigenvalue weighted by atomic mass is 16.5. The topological polar surface area (TPSA) is 61.8 Å². The van der Waals surface area contributed by atoms with E-state index in [-0.39, 0.29) is 5.91 Å². The van der Waals surface area contributed by atoms with Gasteiger partial charge in [0.2, 0.25) is 0 Å². The second-order valence-corrected chi connectivity index (χ2v) is 8.31. The van der Waals surface area contributed by atoms with Gasteiger partial charge in [0.25, 0.3) is 5.91 Å². The van der Waals surface area contributed by atoms with Crippen LogP contribution in [0.2, 0.25) is 0 Å². The zero-order valence-corrected chi connectivity index (χ0v) is 18.0. The third-order valence-corrected chi connectivity index (χ3v) is 6.20. The van der Waals surface area contributed by atoms with Crippen molar-refractivity contribution in [3.8, 4) is 0 Å². The molecule has 0 aliphatic carbocycles. The first-order valence-corrected chi connectivity index (χ1v) is 10.8. The quantitative estimate of drug-likeness (QED) is 0.653. The van der Waals surface area contributed by atoms with Gasteiger partial charge in [-0.15, -0.1) is 0 Å². The van der Waals surface area contributed by atoms with Gasteiger partial charge in [-0.2, -0.15) is 0 Å². The molecule has 1 unspecified atom stereocenters. The Morgan fingerprint density at radius 1 is 1.06 bits per heavy atom. The highest BCUT2D eigenvalue weighted by molar-refractivity contribution is 5.92. The van der Waals surface area contributed by atoms with Gasteiger partial charge in [0.1, 0.15) is 12.1 Å². The van der Waals surface area contributed by atoms with Crippen LogP contribution in [0, 0.1) is 0 Å². The summed E-state index contributed by atoms with van der Waals surface area (Å²) in [5, 5.41) is 1.04. The van der Waals surface area contributed by atoms with E-state index in [0.29, 0.717) is 19.7 Å². The number of aromatic nitrogens is 2. The molecule has 160 valence electrons. The standard InChI is InChI=1S/C24H27N5O2/c1-27(2)23-20-15-18(7-8-21(20)25-16-26-23)28-10-12-29(13-11-28)24(30)22-19-6-4-3-5-17(19)9-14-31-22/h3-8,15-16,22H,9-14H2,1-2H3. The Kier molecular flexibility index (Phi) is 5.19. The van der Waals surface area contributed by atoms with Crippen molar-refractivity contribution in [3.05, 3.63) is 59.9 Å². The Bertz CT molecular complexity index is 1110. The molecule has 0 spiro atoms. The average Bonchev–Trinajstić information content (AvgIpc) is 2.82. The summed E-state index contributed by atoms with van der Waals surface area (Å²) >= 11 is 0. The van der Waals surface area contributed by atoms with E-state index >= 15 is 0 Å². The third kappa shape index (κ3) is 3.70. The maximum absolute atomic E-state index is 13.2. The van der Waals surface area contributed by atoms with Crippen molar-refractivity contribution in [2.45, 2.75) is 12.5 Å². The molecular weight excluding hydrogens is 390 g/mol. The number of anilines is 2. The highest BCUT2D eigenvalue weighted by Crippen LogP contribution is 2.30. The van der Waals surface area contributed by atoms with E-state index < -0.39 is 6.10 Å². The van der Waals surface area contributed by atoms with Gasteiger partial charge in [0.05, 0.1) is 12.1 Å². The maximum Gasteiger partial charge on any atom is 0.256 e. The van der Waals surface area contributed by atoms with E-state index in [2.05, 4.69) is 33.1 Å². The first-order chi connectivity index (χ1) is 15.1. The summed E-state index contributed by atoms with van der Waals surface area (Å²) in [7, 11) is 3.98. The molecule has 3 heterocycles. The van der Waals surface area contributed by atoms with Gasteiger partial charge >= 0.3 is 0 Å². The van der Waals surface area contributed by atoms with E-state index in [9.17, 15) is 4.79 Å². The molecule has 1 saturated heterocycles. The largest absolute Gasteiger partial charge is 0.368 e. The van der Waals surface area contributed by atoms with Crippen LogP contribution < -0.4 is 9.80 Å². The number of hydrogen-bond acceptors (Lipinski definition) is 6. The molecule has 0 radical (unpaired) electrons. The van der Waals surface area contributed by atoms with Crippen molar-refractivity contribution < 1.29 is 9.53 Å². The van der Waals surface area contributed by atoms with Gasteiger partial charge in [-0.3, -0.25) is 4.79 Å². The van der Waals surface area contributed by atoms with E-state index in [0.717, 1.165) is 47.5 Å². The number of hydrogen-bond donors (Lipinski definition) is 0. The summed E-state index contributed by atoms with van der Waals surface area (Å²) in [6.45, 7) is 3.55. The van der Waals surface area contributed by atoms with Gasteiger partial charge in [-0.05, 0) is 35.7 Å². The number of piperazine rings is 1. The van der Waals surface area contributed by atoms with Crippen molar-refractivity contribution in [1.29, 1.82) is 0 Å². The molecule has 3 aromatic rings. The minimum Gasteiger partial charge on any atom is -0.368 e. The van der Waals surface area contributed by atoms with Crippen LogP contribution in [0.3, 0.4) is 0 Å². The zero-order valence-electron chi connectivity index (χ0n) is 18.0. The number of nitrogens with zero attached hydrogens (tertiary/aromatic N) is 5. The summed E-state index contributed by atoms with van der Waals surface area (Å²) in [6, 6.07) is 14.4. The van der Waals surface area contributed by atoms with E-state index in [1.165, 1.54) is 5.56 Å². The van der Waals surface area contributed by atoms with Crippen LogP contribution in [0.1, 0.15) is 17.2 Å². The third-order valence-electron chi connectivity index (χ3n) is 6.20. The highest BCUT2D eigenvalue weighted by Gasteiger charge is 2.32. The fraction of sp³-hybridized carbons (Fsp3) is 0.375. The SMILES string of the molecule is CN(C)c1ncnc2ccc(N3CCN(C(=O)C4OCCc5ccccc54)CC3)cc12. The van der Waals surface area contributed by atoms with Crippen LogP contribution in [-0.2, 0) is 16.0 Å². The summed E-state index contributed by atoms with van der Waals surface area (Å²) < 4.78 is 5.89. The number of fused-ring (bicyclic) bond motifs is 2. The molecule has 1 atom stereocenters. The molecule has 0 N–H and O–H groups in total. The van der Waals surface area contributed by atoms with Crippen LogP contribution >= 0.6 is 0 Å². The molecule has 0 bridgehead atoms. The van der Waals surface area contributed by atoms with Crippen LogP contribution in [0.5, 0.6) is 0 Å². The van der Waals surface area contributed by atoms with E-state index in [1.54, 1.807) is 6.33 Å². The summed E-state index contributed by atoms with van der Waals surface area (Å²) in [5.74, 6) is 0.988. The molecule has 7 nitrogen and oxygen atoms in total. The average molecular weight is 418 g/mol. The van der Waals surface area contributed by atoms with Gasteiger partial charge in [0, 0.05) is 51.3 Å². The number of carbonyl (C=O) groups is 1. The molecule has 1 fully saturated rings. The van der Waals surface area contributed by atoms with Gasteiger partial charge in [-0.25, -0.2) is 9.97 Å². The number of carbonyl (C=O) groups excluding carboxylic acids is 1. The molecular formula is C24H27N5O2. The normalized spacial score (nSPS) is 18.7. The van der Waals surface area contributed by atoms with Crippen LogP contribution in [0.25, 0.3) is 10.9 Å². The zero-order chi connectivity index (χ0) is 21.4. The fourth-order valence-corrected chi connectivity index (χ4v) is 4.53. The lowest BCUT2D eigenvalue weighted by Crippen LogP contribution is -2.50. The minimum absolute atomic E-state index is 0.0774.